The van der Waals surface area contributed by atoms with Gasteiger partial charge in [0.15, 0.2) is 5.82 Å². The fourth-order valence-corrected chi connectivity index (χ4v) is 3.61. The van der Waals surface area contributed by atoms with E-state index in [-0.39, 0.29) is 6.04 Å². The molecule has 3 nitrogen and oxygen atoms in total. The standard InChI is InChI=1S/C11H12BrN3S/c12-10-9-7(13)3-1-5-15(9)11(14-10)8-4-2-6-16-8/h2,4,6-7H,1,3,5,13H2. The molecular formula is C11H12BrN3S. The Morgan fingerprint density at radius 3 is 3.19 bits per heavy atom. The minimum atomic E-state index is 0.115. The summed E-state index contributed by atoms with van der Waals surface area (Å²) in [7, 11) is 0. The number of nitrogens with zero attached hydrogens (tertiary/aromatic N) is 2. The maximum absolute atomic E-state index is 6.13. The molecule has 0 amide bonds. The molecule has 0 saturated heterocycles. The van der Waals surface area contributed by atoms with Crippen molar-refractivity contribution in [2.24, 2.45) is 5.73 Å². The van der Waals surface area contributed by atoms with Crippen molar-refractivity contribution in [3.05, 3.63) is 27.8 Å². The molecule has 0 radical (unpaired) electrons. The lowest BCUT2D eigenvalue weighted by atomic mass is 10.1. The number of aromatic nitrogens is 2. The Morgan fingerprint density at radius 1 is 1.56 bits per heavy atom. The predicted molar refractivity (Wildman–Crippen MR) is 69.4 cm³/mol. The second kappa shape index (κ2) is 3.98. The molecule has 0 fully saturated rings. The van der Waals surface area contributed by atoms with Crippen LogP contribution in [0.3, 0.4) is 0 Å². The third-order valence-electron chi connectivity index (χ3n) is 2.95. The highest BCUT2D eigenvalue weighted by atomic mass is 79.9. The first-order chi connectivity index (χ1) is 7.77. The van der Waals surface area contributed by atoms with Crippen molar-refractivity contribution in [2.75, 3.05) is 0 Å². The zero-order valence-corrected chi connectivity index (χ0v) is 11.1. The van der Waals surface area contributed by atoms with E-state index in [1.54, 1.807) is 11.3 Å². The Balaban J connectivity index is 2.18. The summed E-state index contributed by atoms with van der Waals surface area (Å²) < 4.78 is 3.16. The van der Waals surface area contributed by atoms with Crippen molar-refractivity contribution in [3.63, 3.8) is 0 Å². The van der Waals surface area contributed by atoms with Crippen molar-refractivity contribution in [1.82, 2.24) is 9.55 Å². The topological polar surface area (TPSA) is 43.8 Å². The van der Waals surface area contributed by atoms with Crippen LogP contribution in [-0.2, 0) is 6.54 Å². The minimum absolute atomic E-state index is 0.115. The van der Waals surface area contributed by atoms with Crippen molar-refractivity contribution in [2.45, 2.75) is 25.4 Å². The van der Waals surface area contributed by atoms with E-state index in [0.717, 1.165) is 35.5 Å². The fraction of sp³-hybridized carbons (Fsp3) is 0.364. The summed E-state index contributed by atoms with van der Waals surface area (Å²) in [6.45, 7) is 1.02. The van der Waals surface area contributed by atoms with Crippen LogP contribution in [0.1, 0.15) is 24.6 Å². The summed E-state index contributed by atoms with van der Waals surface area (Å²) in [4.78, 5) is 5.80. The lowest BCUT2D eigenvalue weighted by molar-refractivity contribution is 0.464. The Labute approximate surface area is 106 Å². The van der Waals surface area contributed by atoms with E-state index >= 15 is 0 Å². The highest BCUT2D eigenvalue weighted by molar-refractivity contribution is 9.10. The molecule has 1 aliphatic heterocycles. The van der Waals surface area contributed by atoms with Gasteiger partial charge in [-0.1, -0.05) is 6.07 Å². The highest BCUT2D eigenvalue weighted by Gasteiger charge is 2.25. The summed E-state index contributed by atoms with van der Waals surface area (Å²) in [6, 6.07) is 4.27. The molecule has 5 heteroatoms. The summed E-state index contributed by atoms with van der Waals surface area (Å²) in [5.74, 6) is 1.05. The third-order valence-corrected chi connectivity index (χ3v) is 4.40. The second-order valence-electron chi connectivity index (χ2n) is 3.99. The molecule has 2 aromatic heterocycles. The average Bonchev–Trinajstić information content (AvgIpc) is 2.86. The van der Waals surface area contributed by atoms with Crippen LogP contribution in [0.2, 0.25) is 0 Å². The molecule has 1 aliphatic rings. The molecule has 2 N–H and O–H groups in total. The highest BCUT2D eigenvalue weighted by Crippen LogP contribution is 2.35. The van der Waals surface area contributed by atoms with E-state index in [9.17, 15) is 0 Å². The molecular weight excluding hydrogens is 286 g/mol. The van der Waals surface area contributed by atoms with Gasteiger partial charge in [0.1, 0.15) is 4.60 Å². The molecule has 16 heavy (non-hydrogen) atoms. The van der Waals surface area contributed by atoms with E-state index in [0.29, 0.717) is 0 Å². The van der Waals surface area contributed by atoms with Crippen LogP contribution in [0.25, 0.3) is 10.7 Å². The Morgan fingerprint density at radius 2 is 2.44 bits per heavy atom. The van der Waals surface area contributed by atoms with Gasteiger partial charge in [-0.15, -0.1) is 11.3 Å². The Hall–Kier alpha value is -0.650. The van der Waals surface area contributed by atoms with Gasteiger partial charge in [0.05, 0.1) is 10.6 Å². The second-order valence-corrected chi connectivity index (χ2v) is 5.69. The number of nitrogens with two attached hydrogens (primary N) is 1. The van der Waals surface area contributed by atoms with Gasteiger partial charge in [-0.25, -0.2) is 4.98 Å². The van der Waals surface area contributed by atoms with Crippen LogP contribution in [-0.4, -0.2) is 9.55 Å². The molecule has 2 aromatic rings. The van der Waals surface area contributed by atoms with Crippen LogP contribution in [0.5, 0.6) is 0 Å². The molecule has 0 saturated carbocycles. The number of fused-ring (bicyclic) bond motifs is 1. The summed E-state index contributed by atoms with van der Waals surface area (Å²) in [5, 5.41) is 2.08. The maximum Gasteiger partial charge on any atom is 0.151 e. The van der Waals surface area contributed by atoms with Gasteiger partial charge in [0.25, 0.3) is 0 Å². The predicted octanol–water partition coefficient (Wildman–Crippen LogP) is 3.17. The summed E-state index contributed by atoms with van der Waals surface area (Å²) in [5.41, 5.74) is 7.27. The van der Waals surface area contributed by atoms with Gasteiger partial charge < -0.3 is 10.3 Å². The molecule has 1 unspecified atom stereocenters. The van der Waals surface area contributed by atoms with Gasteiger partial charge in [-0.2, -0.15) is 0 Å². The molecule has 3 rings (SSSR count). The van der Waals surface area contributed by atoms with Crippen LogP contribution >= 0.6 is 27.3 Å². The smallest absolute Gasteiger partial charge is 0.151 e. The number of rotatable bonds is 1. The van der Waals surface area contributed by atoms with E-state index in [4.69, 9.17) is 5.73 Å². The third kappa shape index (κ3) is 1.54. The van der Waals surface area contributed by atoms with Gasteiger partial charge in [-0.05, 0) is 40.2 Å². The molecule has 84 valence electrons. The first-order valence-corrected chi connectivity index (χ1v) is 7.00. The number of halogens is 1. The number of hydrogen-bond acceptors (Lipinski definition) is 3. The quantitative estimate of drug-likeness (QED) is 0.879. The van der Waals surface area contributed by atoms with E-state index in [2.05, 4.69) is 43.0 Å². The molecule has 1 atom stereocenters. The number of thiophene rings is 1. The summed E-state index contributed by atoms with van der Waals surface area (Å²) >= 11 is 5.24. The maximum atomic E-state index is 6.13. The molecule has 0 spiro atoms. The van der Waals surface area contributed by atoms with Gasteiger partial charge in [-0.3, -0.25) is 0 Å². The van der Waals surface area contributed by atoms with Crippen molar-refractivity contribution >= 4 is 27.3 Å². The minimum Gasteiger partial charge on any atom is -0.325 e. The number of imidazole rings is 1. The first kappa shape index (κ1) is 10.5. The number of hydrogen-bond donors (Lipinski definition) is 1. The zero-order valence-electron chi connectivity index (χ0n) is 8.69. The largest absolute Gasteiger partial charge is 0.325 e. The van der Waals surface area contributed by atoms with Crippen LogP contribution in [0.4, 0.5) is 0 Å². The van der Waals surface area contributed by atoms with E-state index in [1.807, 2.05) is 0 Å². The molecule has 0 aromatic carbocycles. The lowest BCUT2D eigenvalue weighted by Crippen LogP contribution is -2.21. The van der Waals surface area contributed by atoms with Gasteiger partial charge in [0, 0.05) is 12.6 Å². The Bertz CT molecular complexity index is 504. The van der Waals surface area contributed by atoms with Gasteiger partial charge in [0.2, 0.25) is 0 Å². The van der Waals surface area contributed by atoms with Crippen LogP contribution in [0, 0.1) is 0 Å². The summed E-state index contributed by atoms with van der Waals surface area (Å²) in [6.07, 6.45) is 2.18. The van der Waals surface area contributed by atoms with Crippen LogP contribution in [0.15, 0.2) is 22.1 Å². The first-order valence-electron chi connectivity index (χ1n) is 5.33. The lowest BCUT2D eigenvalue weighted by Gasteiger charge is -2.22. The SMILES string of the molecule is NC1CCCn2c(-c3cccs3)nc(Br)c21. The van der Waals surface area contributed by atoms with Gasteiger partial charge >= 0.3 is 0 Å². The van der Waals surface area contributed by atoms with E-state index in [1.165, 1.54) is 4.88 Å². The fourth-order valence-electron chi connectivity index (χ4n) is 2.22. The van der Waals surface area contributed by atoms with Crippen molar-refractivity contribution < 1.29 is 0 Å². The van der Waals surface area contributed by atoms with E-state index < -0.39 is 0 Å². The monoisotopic (exact) mass is 297 g/mol. The van der Waals surface area contributed by atoms with Crippen molar-refractivity contribution in [3.8, 4) is 10.7 Å². The average molecular weight is 298 g/mol. The van der Waals surface area contributed by atoms with Crippen LogP contribution < -0.4 is 5.73 Å². The van der Waals surface area contributed by atoms with Crippen molar-refractivity contribution in [1.29, 1.82) is 0 Å². The molecule has 0 bridgehead atoms. The molecule has 0 aliphatic carbocycles. The normalized spacial score (nSPS) is 19.8. The zero-order chi connectivity index (χ0) is 11.1. The Kier molecular flexibility index (Phi) is 2.61. The molecule has 3 heterocycles.